The van der Waals surface area contributed by atoms with Gasteiger partial charge in [0.25, 0.3) is 0 Å². The third-order valence-electron chi connectivity index (χ3n) is 3.94. The van der Waals surface area contributed by atoms with Gasteiger partial charge in [0.05, 0.1) is 18.7 Å². The van der Waals surface area contributed by atoms with Crippen molar-refractivity contribution in [1.82, 2.24) is 4.90 Å². The van der Waals surface area contributed by atoms with Gasteiger partial charge in [0.2, 0.25) is 11.8 Å². The van der Waals surface area contributed by atoms with Crippen LogP contribution in [0.3, 0.4) is 0 Å². The number of benzene rings is 1. The van der Waals surface area contributed by atoms with Crippen LogP contribution < -0.4 is 5.32 Å². The maximum atomic E-state index is 12.4. The SMILES string of the molecule is Cc1cc(NC(=O)[C@@H]2CC(=O)N(Cc3ccco3)C2)ccc1Br. The van der Waals surface area contributed by atoms with Crippen molar-refractivity contribution in [3.8, 4) is 0 Å². The number of aryl methyl sites for hydroxylation is 1. The number of furan rings is 1. The highest BCUT2D eigenvalue weighted by molar-refractivity contribution is 9.10. The summed E-state index contributed by atoms with van der Waals surface area (Å²) in [5.74, 6) is 0.250. The maximum Gasteiger partial charge on any atom is 0.229 e. The minimum absolute atomic E-state index is 0.0199. The van der Waals surface area contributed by atoms with Crippen LogP contribution in [-0.2, 0) is 16.1 Å². The third kappa shape index (κ3) is 3.64. The van der Waals surface area contributed by atoms with Gasteiger partial charge >= 0.3 is 0 Å². The molecule has 0 bridgehead atoms. The molecule has 1 aliphatic heterocycles. The molecule has 3 rings (SSSR count). The lowest BCUT2D eigenvalue weighted by Gasteiger charge is -2.15. The first-order valence-electron chi connectivity index (χ1n) is 7.40. The molecule has 1 N–H and O–H groups in total. The summed E-state index contributed by atoms with van der Waals surface area (Å²) < 4.78 is 6.26. The third-order valence-corrected chi connectivity index (χ3v) is 4.83. The molecule has 0 aliphatic carbocycles. The van der Waals surface area contributed by atoms with E-state index in [1.165, 1.54) is 0 Å². The lowest BCUT2D eigenvalue weighted by Crippen LogP contribution is -2.27. The predicted octanol–water partition coefficient (Wildman–Crippen LogP) is 3.34. The van der Waals surface area contributed by atoms with E-state index in [2.05, 4.69) is 21.2 Å². The number of carbonyl (C=O) groups excluding carboxylic acids is 2. The summed E-state index contributed by atoms with van der Waals surface area (Å²) in [6, 6.07) is 9.25. The van der Waals surface area contributed by atoms with Crippen molar-refractivity contribution in [2.24, 2.45) is 5.92 Å². The molecule has 2 heterocycles. The number of amides is 2. The molecule has 0 unspecified atom stereocenters. The van der Waals surface area contributed by atoms with Gasteiger partial charge in [-0.3, -0.25) is 9.59 Å². The van der Waals surface area contributed by atoms with Gasteiger partial charge in [0.1, 0.15) is 5.76 Å². The van der Waals surface area contributed by atoms with E-state index < -0.39 is 0 Å². The number of rotatable bonds is 4. The van der Waals surface area contributed by atoms with Crippen molar-refractivity contribution in [2.75, 3.05) is 11.9 Å². The Balaban J connectivity index is 1.62. The van der Waals surface area contributed by atoms with Crippen molar-refractivity contribution in [2.45, 2.75) is 19.9 Å². The zero-order valence-corrected chi connectivity index (χ0v) is 14.3. The summed E-state index contributed by atoms with van der Waals surface area (Å²) in [6.45, 7) is 2.79. The van der Waals surface area contributed by atoms with E-state index in [0.717, 1.165) is 21.5 Å². The maximum absolute atomic E-state index is 12.4. The van der Waals surface area contributed by atoms with E-state index >= 15 is 0 Å². The molecule has 1 fully saturated rings. The quantitative estimate of drug-likeness (QED) is 0.889. The summed E-state index contributed by atoms with van der Waals surface area (Å²) in [7, 11) is 0. The first-order chi connectivity index (χ1) is 11.0. The van der Waals surface area contributed by atoms with E-state index in [1.54, 1.807) is 17.2 Å². The fourth-order valence-corrected chi connectivity index (χ4v) is 2.90. The smallest absolute Gasteiger partial charge is 0.229 e. The van der Waals surface area contributed by atoms with Gasteiger partial charge in [0, 0.05) is 23.1 Å². The largest absolute Gasteiger partial charge is 0.467 e. The summed E-state index contributed by atoms with van der Waals surface area (Å²) in [5, 5.41) is 2.89. The number of halogens is 1. The molecule has 1 aliphatic rings. The first-order valence-corrected chi connectivity index (χ1v) is 8.19. The van der Waals surface area contributed by atoms with Gasteiger partial charge < -0.3 is 14.6 Å². The van der Waals surface area contributed by atoms with Crippen LogP contribution >= 0.6 is 15.9 Å². The number of nitrogens with one attached hydrogen (secondary N) is 1. The lowest BCUT2D eigenvalue weighted by molar-refractivity contribution is -0.128. The average molecular weight is 377 g/mol. The number of carbonyl (C=O) groups is 2. The molecule has 1 saturated heterocycles. The Morgan fingerprint density at radius 3 is 2.96 bits per heavy atom. The Labute approximate surface area is 142 Å². The van der Waals surface area contributed by atoms with Crippen LogP contribution in [0.4, 0.5) is 5.69 Å². The Morgan fingerprint density at radius 1 is 1.43 bits per heavy atom. The minimum atomic E-state index is -0.332. The van der Waals surface area contributed by atoms with Crippen molar-refractivity contribution in [3.63, 3.8) is 0 Å². The molecule has 0 radical (unpaired) electrons. The average Bonchev–Trinajstić information content (AvgIpc) is 3.14. The Morgan fingerprint density at radius 2 is 2.26 bits per heavy atom. The monoisotopic (exact) mass is 376 g/mol. The van der Waals surface area contributed by atoms with E-state index in [1.807, 2.05) is 31.2 Å². The highest BCUT2D eigenvalue weighted by Crippen LogP contribution is 2.24. The van der Waals surface area contributed by atoms with Crippen molar-refractivity contribution >= 4 is 33.4 Å². The van der Waals surface area contributed by atoms with Crippen LogP contribution in [0.2, 0.25) is 0 Å². The molecule has 23 heavy (non-hydrogen) atoms. The lowest BCUT2D eigenvalue weighted by atomic mass is 10.1. The molecule has 0 spiro atoms. The summed E-state index contributed by atoms with van der Waals surface area (Å²) in [6.07, 6.45) is 1.82. The number of anilines is 1. The van der Waals surface area contributed by atoms with Crippen molar-refractivity contribution < 1.29 is 14.0 Å². The highest BCUT2D eigenvalue weighted by Gasteiger charge is 2.34. The van der Waals surface area contributed by atoms with Gasteiger partial charge in [-0.2, -0.15) is 0 Å². The van der Waals surface area contributed by atoms with Gasteiger partial charge in [-0.15, -0.1) is 0 Å². The normalized spacial score (nSPS) is 17.6. The fraction of sp³-hybridized carbons (Fsp3) is 0.294. The topological polar surface area (TPSA) is 62.6 Å². The Hall–Kier alpha value is -2.08. The van der Waals surface area contributed by atoms with Gasteiger partial charge in [0.15, 0.2) is 0 Å². The van der Waals surface area contributed by atoms with Gasteiger partial charge in [-0.25, -0.2) is 0 Å². The second-order valence-electron chi connectivity index (χ2n) is 5.71. The van der Waals surface area contributed by atoms with Crippen LogP contribution in [0.25, 0.3) is 0 Å². The first kappa shape index (κ1) is 15.8. The molecule has 0 saturated carbocycles. The number of likely N-dealkylation sites (tertiary alicyclic amines) is 1. The number of nitrogens with zero attached hydrogens (tertiary/aromatic N) is 1. The van der Waals surface area contributed by atoms with E-state index in [0.29, 0.717) is 13.1 Å². The van der Waals surface area contributed by atoms with E-state index in [4.69, 9.17) is 4.42 Å². The van der Waals surface area contributed by atoms with Crippen LogP contribution in [0, 0.1) is 12.8 Å². The Kier molecular flexibility index (Phi) is 4.52. The zero-order chi connectivity index (χ0) is 16.4. The molecule has 120 valence electrons. The minimum Gasteiger partial charge on any atom is -0.467 e. The van der Waals surface area contributed by atoms with Crippen molar-refractivity contribution in [1.29, 1.82) is 0 Å². The van der Waals surface area contributed by atoms with Gasteiger partial charge in [-0.05, 0) is 42.8 Å². The predicted molar refractivity (Wildman–Crippen MR) is 89.7 cm³/mol. The molecular weight excluding hydrogens is 360 g/mol. The second-order valence-corrected chi connectivity index (χ2v) is 6.56. The second kappa shape index (κ2) is 6.58. The Bertz CT molecular complexity index is 727. The molecule has 5 nitrogen and oxygen atoms in total. The fourth-order valence-electron chi connectivity index (χ4n) is 2.66. The van der Waals surface area contributed by atoms with E-state index in [9.17, 15) is 9.59 Å². The molecule has 2 aromatic rings. The van der Waals surface area contributed by atoms with Crippen LogP contribution in [0.15, 0.2) is 45.5 Å². The molecule has 6 heteroatoms. The summed E-state index contributed by atoms with van der Waals surface area (Å²) >= 11 is 3.43. The molecule has 2 amide bonds. The van der Waals surface area contributed by atoms with Crippen LogP contribution in [0.1, 0.15) is 17.7 Å². The standard InChI is InChI=1S/C17H17BrN2O3/c1-11-7-13(4-5-15(11)18)19-17(22)12-8-16(21)20(9-12)10-14-3-2-6-23-14/h2-7,12H,8-10H2,1H3,(H,19,22)/t12-/m1/s1. The molecule has 1 aromatic carbocycles. The zero-order valence-electron chi connectivity index (χ0n) is 12.7. The molecule has 1 aromatic heterocycles. The summed E-state index contributed by atoms with van der Waals surface area (Å²) in [5.41, 5.74) is 1.79. The van der Waals surface area contributed by atoms with Gasteiger partial charge in [-0.1, -0.05) is 15.9 Å². The molecule has 1 atom stereocenters. The summed E-state index contributed by atoms with van der Waals surface area (Å²) in [4.78, 5) is 26.1. The number of hydrogen-bond donors (Lipinski definition) is 1. The van der Waals surface area contributed by atoms with Crippen molar-refractivity contribution in [3.05, 3.63) is 52.4 Å². The van der Waals surface area contributed by atoms with Crippen LogP contribution in [0.5, 0.6) is 0 Å². The van der Waals surface area contributed by atoms with Crippen LogP contribution in [-0.4, -0.2) is 23.3 Å². The number of hydrogen-bond acceptors (Lipinski definition) is 3. The van der Waals surface area contributed by atoms with E-state index in [-0.39, 0.29) is 24.2 Å². The highest BCUT2D eigenvalue weighted by atomic mass is 79.9. The molecular formula is C17H17BrN2O3.